The Hall–Kier alpha value is -2.86. The molecule has 0 saturated carbocycles. The van der Waals surface area contributed by atoms with Gasteiger partial charge in [-0.1, -0.05) is 0 Å². The number of primary sulfonamides is 1. The average molecular weight is 516 g/mol. The molecule has 11 heteroatoms. The Kier molecular flexibility index (Phi) is 7.50. The monoisotopic (exact) mass is 515 g/mol. The largest absolute Gasteiger partial charge is 0.491 e. The van der Waals surface area contributed by atoms with Crippen molar-refractivity contribution in [2.75, 3.05) is 33.2 Å². The molecule has 186 valence electrons. The number of hydrogen-bond donors (Lipinski definition) is 1. The van der Waals surface area contributed by atoms with Gasteiger partial charge in [-0.25, -0.2) is 18.5 Å². The summed E-state index contributed by atoms with van der Waals surface area (Å²) in [5.74, 6) is 0.536. The van der Waals surface area contributed by atoms with E-state index in [9.17, 15) is 13.2 Å². The number of thiazole rings is 1. The zero-order valence-electron chi connectivity index (χ0n) is 20.0. The van der Waals surface area contributed by atoms with Crippen molar-refractivity contribution in [3.63, 3.8) is 0 Å². The minimum atomic E-state index is -3.84. The van der Waals surface area contributed by atoms with Crippen LogP contribution in [0.3, 0.4) is 0 Å². The summed E-state index contributed by atoms with van der Waals surface area (Å²) in [7, 11) is -1.79. The van der Waals surface area contributed by atoms with Crippen molar-refractivity contribution in [2.45, 2.75) is 31.3 Å². The summed E-state index contributed by atoms with van der Waals surface area (Å²) in [6.07, 6.45) is 1.99. The van der Waals surface area contributed by atoms with Gasteiger partial charge in [-0.2, -0.15) is 0 Å². The molecule has 3 aromatic rings. The maximum Gasteiger partial charge on any atom is 0.272 e. The molecule has 9 nitrogen and oxygen atoms in total. The minimum Gasteiger partial charge on any atom is -0.491 e. The van der Waals surface area contributed by atoms with Crippen molar-refractivity contribution in [1.82, 2.24) is 19.8 Å². The zero-order valence-corrected chi connectivity index (χ0v) is 21.6. The second-order valence-electron chi connectivity index (χ2n) is 8.81. The number of rotatable bonds is 7. The second kappa shape index (κ2) is 10.4. The van der Waals surface area contributed by atoms with E-state index in [0.717, 1.165) is 29.4 Å². The van der Waals surface area contributed by atoms with Gasteiger partial charge in [0.15, 0.2) is 0 Å². The number of carbonyl (C=O) groups excluding carboxylic acids is 1. The first kappa shape index (κ1) is 25.2. The van der Waals surface area contributed by atoms with Gasteiger partial charge in [0.25, 0.3) is 5.91 Å². The minimum absolute atomic E-state index is 0.0326. The molecular formula is C24H29N5O4S2. The van der Waals surface area contributed by atoms with Crippen LogP contribution in [0.5, 0.6) is 5.75 Å². The van der Waals surface area contributed by atoms with Crippen molar-refractivity contribution < 1.29 is 17.9 Å². The first-order valence-corrected chi connectivity index (χ1v) is 13.7. The van der Waals surface area contributed by atoms with Crippen LogP contribution >= 0.6 is 11.3 Å². The molecule has 3 heterocycles. The molecule has 0 unspecified atom stereocenters. The number of hydrogen-bond acceptors (Lipinski definition) is 8. The van der Waals surface area contributed by atoms with Crippen LogP contribution in [0.2, 0.25) is 0 Å². The molecule has 1 aromatic carbocycles. The number of carbonyl (C=O) groups is 1. The first-order valence-electron chi connectivity index (χ1n) is 11.3. The molecule has 0 aliphatic carbocycles. The predicted molar refractivity (Wildman–Crippen MR) is 135 cm³/mol. The van der Waals surface area contributed by atoms with E-state index in [1.165, 1.54) is 23.5 Å². The van der Waals surface area contributed by atoms with Crippen molar-refractivity contribution >= 4 is 27.3 Å². The molecule has 0 atom stereocenters. The smallest absolute Gasteiger partial charge is 0.272 e. The van der Waals surface area contributed by atoms with Crippen LogP contribution < -0.4 is 9.88 Å². The number of likely N-dealkylation sites (N-methyl/N-ethyl adjacent to an activating group) is 1. The highest BCUT2D eigenvalue weighted by atomic mass is 32.2. The van der Waals surface area contributed by atoms with Crippen molar-refractivity contribution in [3.05, 3.63) is 58.2 Å². The molecule has 1 fully saturated rings. The molecule has 1 aliphatic rings. The van der Waals surface area contributed by atoms with Gasteiger partial charge in [0.2, 0.25) is 10.0 Å². The van der Waals surface area contributed by atoms with Crippen molar-refractivity contribution in [2.24, 2.45) is 5.14 Å². The van der Waals surface area contributed by atoms with Gasteiger partial charge in [-0.05, 0) is 51.2 Å². The van der Waals surface area contributed by atoms with E-state index in [2.05, 4.69) is 9.88 Å². The summed E-state index contributed by atoms with van der Waals surface area (Å²) in [6.45, 7) is 6.92. The summed E-state index contributed by atoms with van der Waals surface area (Å²) in [6, 6.07) is 8.20. The molecule has 4 rings (SSSR count). The summed E-state index contributed by atoms with van der Waals surface area (Å²) in [5, 5.41) is 8.03. The van der Waals surface area contributed by atoms with Gasteiger partial charge in [-0.15, -0.1) is 11.3 Å². The summed E-state index contributed by atoms with van der Waals surface area (Å²) in [5.41, 5.74) is 2.66. The van der Waals surface area contributed by atoms with Gasteiger partial charge in [0.1, 0.15) is 11.4 Å². The number of nitrogens with two attached hydrogens (primary N) is 1. The molecule has 1 saturated heterocycles. The van der Waals surface area contributed by atoms with E-state index in [1.807, 2.05) is 37.2 Å². The number of benzene rings is 1. The Morgan fingerprint density at radius 1 is 1.17 bits per heavy atom. The summed E-state index contributed by atoms with van der Waals surface area (Å²) >= 11 is 1.46. The lowest BCUT2D eigenvalue weighted by atomic mass is 10.1. The molecule has 0 bridgehead atoms. The van der Waals surface area contributed by atoms with Gasteiger partial charge < -0.3 is 14.5 Å². The second-order valence-corrected chi connectivity index (χ2v) is 11.3. The quantitative estimate of drug-likeness (QED) is 0.514. The Labute approximate surface area is 209 Å². The molecule has 0 radical (unpaired) electrons. The highest BCUT2D eigenvalue weighted by molar-refractivity contribution is 7.89. The summed E-state index contributed by atoms with van der Waals surface area (Å²) < 4.78 is 29.5. The van der Waals surface area contributed by atoms with Crippen molar-refractivity contribution in [1.29, 1.82) is 0 Å². The number of pyridine rings is 1. The van der Waals surface area contributed by atoms with E-state index in [0.29, 0.717) is 36.5 Å². The Balaban J connectivity index is 1.51. The number of sulfonamides is 1. The predicted octanol–water partition coefficient (Wildman–Crippen LogP) is 2.62. The molecule has 2 aromatic heterocycles. The highest BCUT2D eigenvalue weighted by Gasteiger charge is 2.21. The van der Waals surface area contributed by atoms with E-state index >= 15 is 0 Å². The van der Waals surface area contributed by atoms with Gasteiger partial charge in [0.05, 0.1) is 21.7 Å². The zero-order chi connectivity index (χ0) is 25.2. The van der Waals surface area contributed by atoms with Crippen LogP contribution in [0.25, 0.3) is 11.3 Å². The number of nitrogens with zero attached hydrogens (tertiary/aromatic N) is 4. The van der Waals surface area contributed by atoms with E-state index in [4.69, 9.17) is 14.9 Å². The maximum absolute atomic E-state index is 12.7. The lowest BCUT2D eigenvalue weighted by Gasteiger charge is -2.32. The molecule has 1 amide bonds. The molecule has 1 aliphatic heterocycles. The van der Waals surface area contributed by atoms with Crippen LogP contribution in [0.4, 0.5) is 0 Å². The Morgan fingerprint density at radius 3 is 2.54 bits per heavy atom. The number of ether oxygens (including phenoxy) is 1. The lowest BCUT2D eigenvalue weighted by molar-refractivity contribution is 0.0658. The fourth-order valence-electron chi connectivity index (χ4n) is 3.77. The third-order valence-electron chi connectivity index (χ3n) is 5.69. The first-order chi connectivity index (χ1) is 16.6. The van der Waals surface area contributed by atoms with Crippen LogP contribution in [-0.2, 0) is 16.4 Å². The normalized spacial score (nSPS) is 14.9. The number of piperazine rings is 1. The number of amides is 1. The van der Waals surface area contributed by atoms with Crippen LogP contribution in [0, 0.1) is 0 Å². The topological polar surface area (TPSA) is 119 Å². The standard InChI is InChI=1S/C24H29N5O4S2/c1-16(2)33-22-7-5-19(35(25,31)32)12-18(22)13-23-27-21(15-34-23)17-4-6-20(26-14-17)24(30)29-10-8-28(3)9-11-29/h4-7,12,14-16H,8-11,13H2,1-3H3,(H2,25,31,32). The number of aromatic nitrogens is 2. The third-order valence-corrected chi connectivity index (χ3v) is 7.45. The summed E-state index contributed by atoms with van der Waals surface area (Å²) in [4.78, 5) is 25.9. The van der Waals surface area contributed by atoms with Crippen molar-refractivity contribution in [3.8, 4) is 17.0 Å². The average Bonchev–Trinajstić information content (AvgIpc) is 3.28. The van der Waals surface area contributed by atoms with Gasteiger partial charge >= 0.3 is 0 Å². The highest BCUT2D eigenvalue weighted by Crippen LogP contribution is 2.29. The van der Waals surface area contributed by atoms with E-state index in [1.54, 1.807) is 18.3 Å². The maximum atomic E-state index is 12.7. The fourth-order valence-corrected chi connectivity index (χ4v) is 5.16. The molecule has 2 N–H and O–H groups in total. The van der Waals surface area contributed by atoms with Crippen LogP contribution in [0.15, 0.2) is 46.8 Å². The lowest BCUT2D eigenvalue weighted by Crippen LogP contribution is -2.47. The van der Waals surface area contributed by atoms with E-state index in [-0.39, 0.29) is 16.9 Å². The fraction of sp³-hybridized carbons (Fsp3) is 0.375. The molecule has 35 heavy (non-hydrogen) atoms. The van der Waals surface area contributed by atoms with E-state index < -0.39 is 10.0 Å². The third kappa shape index (κ3) is 6.23. The SMILES string of the molecule is CC(C)Oc1ccc(S(N)(=O)=O)cc1Cc1nc(-c2ccc(C(=O)N3CCN(C)CC3)nc2)cs1. The molecular weight excluding hydrogens is 486 g/mol. The van der Waals surface area contributed by atoms with Gasteiger partial charge in [-0.3, -0.25) is 9.78 Å². The molecule has 0 spiro atoms. The Morgan fingerprint density at radius 2 is 1.91 bits per heavy atom. The van der Waals surface area contributed by atoms with Gasteiger partial charge in [0, 0.05) is 55.3 Å². The van der Waals surface area contributed by atoms with Crippen LogP contribution in [-0.4, -0.2) is 73.4 Å². The van der Waals surface area contributed by atoms with Crippen LogP contribution in [0.1, 0.15) is 34.9 Å². The Bertz CT molecular complexity index is 1300.